The van der Waals surface area contributed by atoms with Gasteiger partial charge in [0.05, 0.1) is 10.8 Å². The van der Waals surface area contributed by atoms with Crippen molar-refractivity contribution in [3.05, 3.63) is 65.4 Å². The summed E-state index contributed by atoms with van der Waals surface area (Å²) in [5.41, 5.74) is 6.03. The molecular formula is C29H30N4OS. The number of nitrogens with one attached hydrogen (secondary N) is 1. The molecule has 5 rings (SSSR count). The predicted octanol–water partition coefficient (Wildman–Crippen LogP) is 6.86. The van der Waals surface area contributed by atoms with E-state index in [-0.39, 0.29) is 11.2 Å². The van der Waals surface area contributed by atoms with Crippen LogP contribution in [0.5, 0.6) is 0 Å². The highest BCUT2D eigenvalue weighted by molar-refractivity contribution is 8.00. The highest BCUT2D eigenvalue weighted by atomic mass is 32.2. The number of para-hydroxylation sites is 1. The van der Waals surface area contributed by atoms with Crippen molar-refractivity contribution in [2.75, 3.05) is 5.32 Å². The minimum absolute atomic E-state index is 0.0586. The molecule has 2 heterocycles. The third-order valence-corrected chi connectivity index (χ3v) is 8.28. The van der Waals surface area contributed by atoms with E-state index < -0.39 is 0 Å². The smallest absolute Gasteiger partial charge is 0.237 e. The number of anilines is 1. The van der Waals surface area contributed by atoms with E-state index in [0.29, 0.717) is 17.0 Å². The summed E-state index contributed by atoms with van der Waals surface area (Å²) in [6.45, 7) is 5.04. The van der Waals surface area contributed by atoms with Gasteiger partial charge in [0.25, 0.3) is 0 Å². The average molecular weight is 483 g/mol. The van der Waals surface area contributed by atoms with Crippen LogP contribution in [0.4, 0.5) is 5.69 Å². The number of carbonyl (C=O) groups is 1. The molecule has 1 atom stereocenters. The molecule has 1 aliphatic carbocycles. The van der Waals surface area contributed by atoms with Crippen molar-refractivity contribution in [3.8, 4) is 6.07 Å². The molecule has 5 nitrogen and oxygen atoms in total. The van der Waals surface area contributed by atoms with Gasteiger partial charge in [0.2, 0.25) is 5.91 Å². The van der Waals surface area contributed by atoms with Crippen LogP contribution in [0.1, 0.15) is 56.4 Å². The number of hydrogen-bond acceptors (Lipinski definition) is 4. The molecule has 1 N–H and O–H groups in total. The van der Waals surface area contributed by atoms with Crippen LogP contribution in [0, 0.1) is 11.3 Å². The predicted molar refractivity (Wildman–Crippen MR) is 144 cm³/mol. The first-order valence-corrected chi connectivity index (χ1v) is 13.4. The fourth-order valence-electron chi connectivity index (χ4n) is 5.11. The van der Waals surface area contributed by atoms with Gasteiger partial charge in [-0.05, 0) is 74.9 Å². The molecule has 6 heteroatoms. The molecule has 0 aliphatic heterocycles. The van der Waals surface area contributed by atoms with E-state index in [9.17, 15) is 10.1 Å². The number of aromatic nitrogens is 2. The number of rotatable bonds is 6. The quantitative estimate of drug-likeness (QED) is 0.241. The zero-order valence-corrected chi connectivity index (χ0v) is 21.1. The Balaban J connectivity index is 1.41. The second kappa shape index (κ2) is 10.1. The number of nitriles is 1. The van der Waals surface area contributed by atoms with Gasteiger partial charge < -0.3 is 9.88 Å². The van der Waals surface area contributed by atoms with Gasteiger partial charge in [-0.25, -0.2) is 4.98 Å². The molecule has 35 heavy (non-hydrogen) atoms. The highest BCUT2D eigenvalue weighted by Gasteiger charge is 2.23. The molecule has 0 saturated carbocycles. The van der Waals surface area contributed by atoms with Crippen LogP contribution in [0.25, 0.3) is 21.8 Å². The molecule has 1 unspecified atom stereocenters. The Kier molecular flexibility index (Phi) is 6.79. The van der Waals surface area contributed by atoms with Crippen molar-refractivity contribution in [3.63, 3.8) is 0 Å². The van der Waals surface area contributed by atoms with Crippen LogP contribution in [-0.2, 0) is 24.2 Å². The first-order valence-electron chi connectivity index (χ1n) is 12.5. The van der Waals surface area contributed by atoms with E-state index in [0.717, 1.165) is 49.0 Å². The number of nitrogens with zero attached hydrogens (tertiary/aromatic N) is 3. The number of hydrogen-bond donors (Lipinski definition) is 1. The normalized spacial score (nSPS) is 14.3. The molecule has 4 aromatic rings. The average Bonchev–Trinajstić information content (AvgIpc) is 3.02. The molecule has 0 spiro atoms. The number of benzene rings is 2. The molecule has 0 saturated heterocycles. The third kappa shape index (κ3) is 4.53. The number of amides is 1. The minimum Gasteiger partial charge on any atom is -0.341 e. The molecule has 1 aliphatic rings. The maximum absolute atomic E-state index is 13.3. The zero-order chi connectivity index (χ0) is 24.4. The fraction of sp³-hybridized carbons (Fsp3) is 0.345. The largest absolute Gasteiger partial charge is 0.341 e. The first kappa shape index (κ1) is 23.4. The van der Waals surface area contributed by atoms with Gasteiger partial charge in [0, 0.05) is 39.7 Å². The Morgan fingerprint density at radius 3 is 2.69 bits per heavy atom. The standard InChI is InChI=1S/C29H30N4OS/c1-3-27(35-29-20(18-30)16-19-10-6-5-7-12-24(19)32-29)28(34)31-21-14-15-26-23(17-21)22-11-8-9-13-25(22)33(26)4-2/h8-9,11,13-17,27H,3-7,10,12H2,1-2H3,(H,31,34). The second-order valence-corrected chi connectivity index (χ2v) is 10.3. The maximum atomic E-state index is 13.3. The van der Waals surface area contributed by atoms with Crippen LogP contribution in [0.3, 0.4) is 0 Å². The number of pyridine rings is 1. The Morgan fingerprint density at radius 2 is 1.89 bits per heavy atom. The lowest BCUT2D eigenvalue weighted by molar-refractivity contribution is -0.115. The zero-order valence-electron chi connectivity index (χ0n) is 20.3. The first-order chi connectivity index (χ1) is 17.1. The lowest BCUT2D eigenvalue weighted by Gasteiger charge is -2.16. The highest BCUT2D eigenvalue weighted by Crippen LogP contribution is 2.33. The summed E-state index contributed by atoms with van der Waals surface area (Å²) in [5, 5.41) is 15.6. The van der Waals surface area contributed by atoms with E-state index in [1.807, 2.05) is 19.1 Å². The van der Waals surface area contributed by atoms with Crippen molar-refractivity contribution in [1.29, 1.82) is 5.26 Å². The van der Waals surface area contributed by atoms with Gasteiger partial charge >= 0.3 is 0 Å². The van der Waals surface area contributed by atoms with Crippen LogP contribution in [0.15, 0.2) is 53.6 Å². The van der Waals surface area contributed by atoms with Crippen molar-refractivity contribution in [2.45, 2.75) is 69.2 Å². The Morgan fingerprint density at radius 1 is 1.09 bits per heavy atom. The molecule has 0 fully saturated rings. The Hall–Kier alpha value is -3.30. The van der Waals surface area contributed by atoms with Gasteiger partial charge in [-0.15, -0.1) is 0 Å². The van der Waals surface area contributed by atoms with Crippen molar-refractivity contribution < 1.29 is 4.79 Å². The summed E-state index contributed by atoms with van der Waals surface area (Å²) in [6.07, 6.45) is 6.05. The van der Waals surface area contributed by atoms with Gasteiger partial charge in [0.15, 0.2) is 0 Å². The Labute approximate surface area is 210 Å². The maximum Gasteiger partial charge on any atom is 0.237 e. The summed E-state index contributed by atoms with van der Waals surface area (Å²) in [4.78, 5) is 18.2. The summed E-state index contributed by atoms with van der Waals surface area (Å²) in [6, 6.07) is 18.8. The fourth-order valence-corrected chi connectivity index (χ4v) is 6.11. The molecule has 178 valence electrons. The SMILES string of the molecule is CCC(Sc1nc2c(cc1C#N)CCCCC2)C(=O)Nc1ccc2c(c1)c1ccccc1n2CC. The van der Waals surface area contributed by atoms with Gasteiger partial charge in [-0.3, -0.25) is 4.79 Å². The van der Waals surface area contributed by atoms with E-state index >= 15 is 0 Å². The lowest BCUT2D eigenvalue weighted by atomic mass is 10.1. The van der Waals surface area contributed by atoms with Crippen LogP contribution in [-0.4, -0.2) is 20.7 Å². The minimum atomic E-state index is -0.328. The van der Waals surface area contributed by atoms with Crippen LogP contribution >= 0.6 is 11.8 Å². The van der Waals surface area contributed by atoms with E-state index in [4.69, 9.17) is 4.98 Å². The lowest BCUT2D eigenvalue weighted by Crippen LogP contribution is -2.25. The Bertz CT molecular complexity index is 1450. The molecule has 1 amide bonds. The number of thioether (sulfide) groups is 1. The van der Waals surface area contributed by atoms with Gasteiger partial charge in [-0.1, -0.05) is 43.3 Å². The van der Waals surface area contributed by atoms with Gasteiger partial charge in [-0.2, -0.15) is 5.26 Å². The number of carbonyl (C=O) groups excluding carboxylic acids is 1. The van der Waals surface area contributed by atoms with Crippen LogP contribution < -0.4 is 5.32 Å². The summed E-state index contributed by atoms with van der Waals surface area (Å²) < 4.78 is 2.30. The summed E-state index contributed by atoms with van der Waals surface area (Å²) in [7, 11) is 0. The monoisotopic (exact) mass is 482 g/mol. The van der Waals surface area contributed by atoms with E-state index in [2.05, 4.69) is 59.3 Å². The van der Waals surface area contributed by atoms with Gasteiger partial charge in [0.1, 0.15) is 11.1 Å². The van der Waals surface area contributed by atoms with E-state index in [1.54, 1.807) is 0 Å². The summed E-state index contributed by atoms with van der Waals surface area (Å²) >= 11 is 1.41. The number of fused-ring (bicyclic) bond motifs is 4. The molecule has 2 aromatic heterocycles. The molecule has 0 bridgehead atoms. The molecule has 0 radical (unpaired) electrons. The second-order valence-electron chi connectivity index (χ2n) is 9.12. The van der Waals surface area contributed by atoms with Crippen molar-refractivity contribution >= 4 is 45.2 Å². The van der Waals surface area contributed by atoms with Crippen molar-refractivity contribution in [2.24, 2.45) is 0 Å². The van der Waals surface area contributed by atoms with Crippen LogP contribution in [0.2, 0.25) is 0 Å². The third-order valence-electron chi connectivity index (χ3n) is 6.91. The van der Waals surface area contributed by atoms with E-state index in [1.165, 1.54) is 40.2 Å². The summed E-state index contributed by atoms with van der Waals surface area (Å²) in [5.74, 6) is -0.0586. The molecule has 2 aromatic carbocycles. The topological polar surface area (TPSA) is 70.7 Å². The number of aryl methyl sites for hydroxylation is 3. The van der Waals surface area contributed by atoms with Crippen molar-refractivity contribution in [1.82, 2.24) is 9.55 Å². The molecular weight excluding hydrogens is 452 g/mol.